The van der Waals surface area contributed by atoms with Crippen molar-refractivity contribution in [1.29, 1.82) is 0 Å². The molecule has 3 heteroatoms. The number of rotatable bonds is 5. The quantitative estimate of drug-likeness (QED) is 0.813. The van der Waals surface area contributed by atoms with Crippen molar-refractivity contribution < 1.29 is 4.39 Å². The van der Waals surface area contributed by atoms with Gasteiger partial charge in [-0.25, -0.2) is 4.39 Å². The lowest BCUT2D eigenvalue weighted by molar-refractivity contribution is 0.476. The summed E-state index contributed by atoms with van der Waals surface area (Å²) in [6, 6.07) is 13.7. The molecule has 0 fully saturated rings. The maximum absolute atomic E-state index is 13.2. The Morgan fingerprint density at radius 2 is 1.86 bits per heavy atom. The van der Waals surface area contributed by atoms with Crippen molar-refractivity contribution in [1.82, 2.24) is 5.32 Å². The van der Waals surface area contributed by atoms with Gasteiger partial charge in [0.2, 0.25) is 0 Å². The minimum atomic E-state index is -0.374. The fraction of sp³-hybridized carbons (Fsp3) is 0.333. The summed E-state index contributed by atoms with van der Waals surface area (Å²) < 4.78 is 13.2. The Balaban J connectivity index is 2.00. The summed E-state index contributed by atoms with van der Waals surface area (Å²) in [5, 5.41) is 3.71. The van der Waals surface area contributed by atoms with Crippen LogP contribution in [0.1, 0.15) is 36.6 Å². The summed E-state index contributed by atoms with van der Waals surface area (Å²) in [7, 11) is 0. The molecular weight excluding hydrogens is 285 g/mol. The van der Waals surface area contributed by atoms with Gasteiger partial charge in [0.1, 0.15) is 5.82 Å². The molecule has 0 aliphatic heterocycles. The lowest BCUT2D eigenvalue weighted by Crippen LogP contribution is -2.31. The first-order valence-corrected chi connectivity index (χ1v) is 7.60. The van der Waals surface area contributed by atoms with Crippen LogP contribution in [0.15, 0.2) is 42.5 Å². The summed E-state index contributed by atoms with van der Waals surface area (Å²) in [6.45, 7) is 6.36. The molecule has 2 rings (SSSR count). The van der Waals surface area contributed by atoms with Crippen molar-refractivity contribution in [2.75, 3.05) is 0 Å². The van der Waals surface area contributed by atoms with Crippen LogP contribution in [0.4, 0.5) is 4.39 Å². The fourth-order valence-electron chi connectivity index (χ4n) is 2.53. The first-order chi connectivity index (χ1) is 9.97. The summed E-state index contributed by atoms with van der Waals surface area (Å²) >= 11 is 5.84. The van der Waals surface area contributed by atoms with Crippen LogP contribution in [0.3, 0.4) is 0 Å². The first kappa shape index (κ1) is 16.0. The zero-order chi connectivity index (χ0) is 15.4. The smallest absolute Gasteiger partial charge is 0.141 e. The van der Waals surface area contributed by atoms with Gasteiger partial charge < -0.3 is 5.32 Å². The second-order valence-corrected chi connectivity index (χ2v) is 6.00. The molecule has 2 unspecified atom stereocenters. The Morgan fingerprint density at radius 3 is 2.52 bits per heavy atom. The summed E-state index contributed by atoms with van der Waals surface area (Å²) in [4.78, 5) is 0. The van der Waals surface area contributed by atoms with E-state index in [-0.39, 0.29) is 16.9 Å². The fourth-order valence-corrected chi connectivity index (χ4v) is 2.72. The van der Waals surface area contributed by atoms with E-state index >= 15 is 0 Å². The third-order valence-corrected chi connectivity index (χ3v) is 4.06. The van der Waals surface area contributed by atoms with Gasteiger partial charge in [-0.05, 0) is 56.0 Å². The zero-order valence-corrected chi connectivity index (χ0v) is 13.4. The van der Waals surface area contributed by atoms with Crippen molar-refractivity contribution >= 4 is 11.6 Å². The van der Waals surface area contributed by atoms with Crippen molar-refractivity contribution in [3.05, 3.63) is 70.0 Å². The van der Waals surface area contributed by atoms with E-state index in [4.69, 9.17) is 11.6 Å². The van der Waals surface area contributed by atoms with E-state index in [9.17, 15) is 4.39 Å². The average molecular weight is 306 g/mol. The summed E-state index contributed by atoms with van der Waals surface area (Å²) in [6.07, 6.45) is 0.964. The molecule has 0 amide bonds. The van der Waals surface area contributed by atoms with Crippen molar-refractivity contribution in [3.8, 4) is 0 Å². The topological polar surface area (TPSA) is 12.0 Å². The molecule has 2 atom stereocenters. The number of benzene rings is 2. The maximum Gasteiger partial charge on any atom is 0.141 e. The lowest BCUT2D eigenvalue weighted by atomic mass is 10.0. The minimum absolute atomic E-state index is 0.127. The highest BCUT2D eigenvalue weighted by Gasteiger charge is 2.12. The molecule has 0 aliphatic carbocycles. The predicted molar refractivity (Wildman–Crippen MR) is 87.3 cm³/mol. The minimum Gasteiger partial charge on any atom is -0.307 e. The van der Waals surface area contributed by atoms with Gasteiger partial charge in [0.15, 0.2) is 0 Å². The van der Waals surface area contributed by atoms with Crippen molar-refractivity contribution in [2.24, 2.45) is 0 Å². The van der Waals surface area contributed by atoms with Gasteiger partial charge in [-0.2, -0.15) is 0 Å². The van der Waals surface area contributed by atoms with Gasteiger partial charge in [-0.1, -0.05) is 41.9 Å². The molecule has 1 N–H and O–H groups in total. The van der Waals surface area contributed by atoms with Crippen LogP contribution in [0, 0.1) is 12.7 Å². The van der Waals surface area contributed by atoms with E-state index in [0.29, 0.717) is 6.04 Å². The number of hydrogen-bond acceptors (Lipinski definition) is 1. The third kappa shape index (κ3) is 4.29. The van der Waals surface area contributed by atoms with Gasteiger partial charge >= 0.3 is 0 Å². The molecule has 0 radical (unpaired) electrons. The molecule has 0 spiro atoms. The van der Waals surface area contributed by atoms with Crippen molar-refractivity contribution in [3.63, 3.8) is 0 Å². The molecule has 2 aromatic rings. The van der Waals surface area contributed by atoms with E-state index in [0.717, 1.165) is 12.0 Å². The molecule has 2 aromatic carbocycles. The van der Waals surface area contributed by atoms with Gasteiger partial charge in [0.25, 0.3) is 0 Å². The van der Waals surface area contributed by atoms with Crippen molar-refractivity contribution in [2.45, 2.75) is 39.3 Å². The van der Waals surface area contributed by atoms with Crippen LogP contribution in [-0.4, -0.2) is 6.04 Å². The molecule has 0 aromatic heterocycles. The lowest BCUT2D eigenvalue weighted by Gasteiger charge is -2.21. The Hall–Kier alpha value is -1.38. The molecular formula is C18H21ClFN. The zero-order valence-electron chi connectivity index (χ0n) is 12.7. The standard InChI is InChI=1S/C18H21ClFN/c1-12-6-4-5-7-15(12)10-13(2)21-14(3)16-8-9-18(20)17(19)11-16/h4-9,11,13-14,21H,10H2,1-3H3. The van der Waals surface area contributed by atoms with Gasteiger partial charge in [-0.3, -0.25) is 0 Å². The van der Waals surface area contributed by atoms with E-state index < -0.39 is 0 Å². The SMILES string of the molecule is Cc1ccccc1CC(C)NC(C)c1ccc(F)c(Cl)c1. The largest absolute Gasteiger partial charge is 0.307 e. The van der Waals surface area contributed by atoms with E-state index in [1.807, 2.05) is 0 Å². The maximum atomic E-state index is 13.2. The normalized spacial score (nSPS) is 14.0. The molecule has 0 saturated heterocycles. The monoisotopic (exact) mass is 305 g/mol. The molecule has 0 bridgehead atoms. The van der Waals surface area contributed by atoms with Gasteiger partial charge in [0, 0.05) is 12.1 Å². The van der Waals surface area contributed by atoms with E-state index in [2.05, 4.69) is 50.4 Å². The number of nitrogens with one attached hydrogen (secondary N) is 1. The van der Waals surface area contributed by atoms with Crippen LogP contribution >= 0.6 is 11.6 Å². The second-order valence-electron chi connectivity index (χ2n) is 5.59. The number of halogens is 2. The number of hydrogen-bond donors (Lipinski definition) is 1. The van der Waals surface area contributed by atoms with Crippen LogP contribution < -0.4 is 5.32 Å². The molecule has 21 heavy (non-hydrogen) atoms. The first-order valence-electron chi connectivity index (χ1n) is 7.23. The Bertz CT molecular complexity index is 612. The summed E-state index contributed by atoms with van der Waals surface area (Å²) in [5.41, 5.74) is 3.66. The Labute approximate surface area is 131 Å². The third-order valence-electron chi connectivity index (χ3n) is 3.77. The van der Waals surface area contributed by atoms with Crippen LogP contribution in [0.25, 0.3) is 0 Å². The highest BCUT2D eigenvalue weighted by atomic mass is 35.5. The Morgan fingerprint density at radius 1 is 1.14 bits per heavy atom. The van der Waals surface area contributed by atoms with E-state index in [1.54, 1.807) is 12.1 Å². The van der Waals surface area contributed by atoms with Crippen LogP contribution in [-0.2, 0) is 6.42 Å². The van der Waals surface area contributed by atoms with Crippen LogP contribution in [0.2, 0.25) is 5.02 Å². The van der Waals surface area contributed by atoms with Crippen LogP contribution in [0.5, 0.6) is 0 Å². The van der Waals surface area contributed by atoms with E-state index in [1.165, 1.54) is 17.2 Å². The molecule has 112 valence electrons. The average Bonchev–Trinajstić information content (AvgIpc) is 2.44. The molecule has 0 heterocycles. The van der Waals surface area contributed by atoms with Gasteiger partial charge in [0.05, 0.1) is 5.02 Å². The predicted octanol–water partition coefficient (Wildman–Crippen LogP) is 5.07. The molecule has 0 saturated carbocycles. The molecule has 1 nitrogen and oxygen atoms in total. The highest BCUT2D eigenvalue weighted by molar-refractivity contribution is 6.30. The second kappa shape index (κ2) is 7.06. The highest BCUT2D eigenvalue weighted by Crippen LogP contribution is 2.21. The number of aryl methyl sites for hydroxylation is 1. The molecule has 0 aliphatic rings. The summed E-state index contributed by atoms with van der Waals surface area (Å²) in [5.74, 6) is -0.374. The van der Waals surface area contributed by atoms with Gasteiger partial charge in [-0.15, -0.1) is 0 Å². The Kier molecular flexibility index (Phi) is 5.38.